The molecule has 17 heavy (non-hydrogen) atoms. The second kappa shape index (κ2) is 6.27. The van der Waals surface area contributed by atoms with Crippen molar-refractivity contribution in [3.05, 3.63) is 67.2 Å². The molecule has 0 fully saturated rings. The molecule has 0 aliphatic carbocycles. The molecule has 0 spiro atoms. The molecule has 0 aromatic heterocycles. The molecule has 0 unspecified atom stereocenters. The molecule has 0 aliphatic rings. The number of ether oxygens (including phenoxy) is 1. The quantitative estimate of drug-likeness (QED) is 0.635. The van der Waals surface area contributed by atoms with Gasteiger partial charge in [-0.3, -0.25) is 5.32 Å². The smallest absolute Gasteiger partial charge is 0.410 e. The first-order valence-electron chi connectivity index (χ1n) is 4.85. The summed E-state index contributed by atoms with van der Waals surface area (Å²) in [6, 6.07) is 5.34. The van der Waals surface area contributed by atoms with E-state index in [2.05, 4.69) is 18.5 Å². The number of allylic oxidation sites excluding steroid dienone is 3. The molecule has 0 saturated heterocycles. The van der Waals surface area contributed by atoms with E-state index in [4.69, 9.17) is 4.74 Å². The van der Waals surface area contributed by atoms with E-state index >= 15 is 0 Å². The van der Waals surface area contributed by atoms with Gasteiger partial charge in [0.15, 0.2) is 0 Å². The Labute approximate surface area is 100 Å². The number of carbonyl (C=O) groups excluding carboxylic acids is 1. The number of anilines is 1. The maximum Gasteiger partial charge on any atom is 0.417 e. The normalized spacial score (nSPS) is 10.5. The van der Waals surface area contributed by atoms with Crippen molar-refractivity contribution in [1.82, 2.24) is 0 Å². The highest BCUT2D eigenvalue weighted by molar-refractivity contribution is 5.85. The molecule has 1 aromatic rings. The van der Waals surface area contributed by atoms with Gasteiger partial charge in [-0.1, -0.05) is 19.2 Å². The van der Waals surface area contributed by atoms with Gasteiger partial charge in [-0.25, -0.2) is 9.18 Å². The van der Waals surface area contributed by atoms with Crippen LogP contribution in [0.2, 0.25) is 0 Å². The Balaban J connectivity index is 0.00000289. The van der Waals surface area contributed by atoms with Crippen molar-refractivity contribution >= 4 is 11.8 Å². The molecule has 1 amide bonds. The Morgan fingerprint density at radius 3 is 2.53 bits per heavy atom. The van der Waals surface area contributed by atoms with Crippen LogP contribution in [0, 0.1) is 5.82 Å². The number of halogens is 1. The first kappa shape index (κ1) is 12.7. The average molecular weight is 235 g/mol. The standard InChI is InChI=1S/C13H12FNO2.H2/c1-3-5-12(4-2)17-13(16)15-11-8-6-10(14)7-9-11;/h3-9H,1-2H2,(H,15,16);1H/b12-5+;. The van der Waals surface area contributed by atoms with Crippen LogP contribution in [0.5, 0.6) is 0 Å². The molecule has 4 heteroatoms. The molecular formula is C13H14FNO2. The topological polar surface area (TPSA) is 38.3 Å². The highest BCUT2D eigenvalue weighted by Crippen LogP contribution is 2.09. The van der Waals surface area contributed by atoms with E-state index in [-0.39, 0.29) is 13.0 Å². The zero-order valence-corrected chi connectivity index (χ0v) is 9.15. The third kappa shape index (κ3) is 4.34. The first-order valence-corrected chi connectivity index (χ1v) is 4.85. The molecule has 0 bridgehead atoms. The number of nitrogens with one attached hydrogen (secondary N) is 1. The molecule has 0 saturated carbocycles. The Kier molecular flexibility index (Phi) is 4.69. The SMILES string of the molecule is C=C/C=C(\C=C)OC(=O)Nc1ccc(F)cc1.[HH]. The summed E-state index contributed by atoms with van der Waals surface area (Å²) in [5.74, 6) is -0.0955. The van der Waals surface area contributed by atoms with E-state index < -0.39 is 6.09 Å². The van der Waals surface area contributed by atoms with Crippen LogP contribution in [0.25, 0.3) is 0 Å². The van der Waals surface area contributed by atoms with Gasteiger partial charge in [-0.2, -0.15) is 0 Å². The van der Waals surface area contributed by atoms with Gasteiger partial charge in [0.1, 0.15) is 11.6 Å². The molecule has 3 nitrogen and oxygen atoms in total. The first-order chi connectivity index (χ1) is 8.15. The van der Waals surface area contributed by atoms with Crippen molar-refractivity contribution < 1.29 is 15.3 Å². The van der Waals surface area contributed by atoms with Crippen molar-refractivity contribution in [3.63, 3.8) is 0 Å². The van der Waals surface area contributed by atoms with Gasteiger partial charge in [0.2, 0.25) is 0 Å². The summed E-state index contributed by atoms with van der Waals surface area (Å²) in [6.07, 6.45) is 3.68. The predicted octanol–water partition coefficient (Wildman–Crippen LogP) is 3.88. The largest absolute Gasteiger partial charge is 0.417 e. The predicted molar refractivity (Wildman–Crippen MR) is 67.1 cm³/mol. The summed E-state index contributed by atoms with van der Waals surface area (Å²) < 4.78 is 17.5. The highest BCUT2D eigenvalue weighted by atomic mass is 19.1. The maximum atomic E-state index is 12.6. The van der Waals surface area contributed by atoms with E-state index in [1.165, 1.54) is 42.5 Å². The number of carbonyl (C=O) groups is 1. The van der Waals surface area contributed by atoms with Crippen molar-refractivity contribution in [2.75, 3.05) is 5.32 Å². The maximum absolute atomic E-state index is 12.6. The molecule has 90 valence electrons. The van der Waals surface area contributed by atoms with Gasteiger partial charge in [0, 0.05) is 7.11 Å². The lowest BCUT2D eigenvalue weighted by molar-refractivity contribution is 0.195. The van der Waals surface area contributed by atoms with E-state index in [9.17, 15) is 9.18 Å². The van der Waals surface area contributed by atoms with Crippen molar-refractivity contribution in [2.24, 2.45) is 0 Å². The van der Waals surface area contributed by atoms with Crippen LogP contribution in [0.3, 0.4) is 0 Å². The zero-order chi connectivity index (χ0) is 12.7. The van der Waals surface area contributed by atoms with Crippen LogP contribution >= 0.6 is 0 Å². The van der Waals surface area contributed by atoms with Crippen molar-refractivity contribution in [2.45, 2.75) is 0 Å². The number of benzene rings is 1. The van der Waals surface area contributed by atoms with E-state index in [1.807, 2.05) is 0 Å². The molecule has 0 aliphatic heterocycles. The summed E-state index contributed by atoms with van der Waals surface area (Å²) in [6.45, 7) is 6.95. The lowest BCUT2D eigenvalue weighted by Gasteiger charge is -2.06. The Morgan fingerprint density at radius 1 is 1.35 bits per heavy atom. The fourth-order valence-electron chi connectivity index (χ4n) is 1.04. The van der Waals surface area contributed by atoms with Crippen LogP contribution in [0.1, 0.15) is 1.43 Å². The van der Waals surface area contributed by atoms with E-state index in [0.717, 1.165) is 0 Å². The number of hydrogen-bond donors (Lipinski definition) is 1. The average Bonchev–Trinajstić information content (AvgIpc) is 2.31. The third-order valence-electron chi connectivity index (χ3n) is 1.78. The highest BCUT2D eigenvalue weighted by Gasteiger charge is 2.04. The molecule has 1 aromatic carbocycles. The number of rotatable bonds is 4. The Bertz CT molecular complexity index is 455. The summed E-state index contributed by atoms with van der Waals surface area (Å²) in [5, 5.41) is 2.44. The molecule has 1 N–H and O–H groups in total. The fraction of sp³-hybridized carbons (Fsp3) is 0. The lowest BCUT2D eigenvalue weighted by atomic mass is 10.3. The molecule has 0 heterocycles. The van der Waals surface area contributed by atoms with E-state index in [0.29, 0.717) is 5.69 Å². The van der Waals surface area contributed by atoms with Crippen LogP contribution < -0.4 is 5.32 Å². The van der Waals surface area contributed by atoms with Gasteiger partial charge in [-0.05, 0) is 36.4 Å². The summed E-state index contributed by atoms with van der Waals surface area (Å²) in [4.78, 5) is 11.4. The molecule has 0 atom stereocenters. The molecular weight excluding hydrogens is 221 g/mol. The minimum Gasteiger partial charge on any atom is -0.410 e. The zero-order valence-electron chi connectivity index (χ0n) is 9.15. The summed E-state index contributed by atoms with van der Waals surface area (Å²) in [7, 11) is 0. The minimum atomic E-state index is -0.676. The lowest BCUT2D eigenvalue weighted by Crippen LogP contribution is -2.12. The second-order valence-corrected chi connectivity index (χ2v) is 3.03. The molecule has 0 radical (unpaired) electrons. The minimum absolute atomic E-state index is 0. The summed E-state index contributed by atoms with van der Waals surface area (Å²) in [5.41, 5.74) is 0.443. The molecule has 1 rings (SSSR count). The Morgan fingerprint density at radius 2 is 2.00 bits per heavy atom. The van der Waals surface area contributed by atoms with E-state index in [1.54, 1.807) is 0 Å². The second-order valence-electron chi connectivity index (χ2n) is 3.03. The monoisotopic (exact) mass is 235 g/mol. The van der Waals surface area contributed by atoms with Gasteiger partial charge in [0.25, 0.3) is 0 Å². The fourth-order valence-corrected chi connectivity index (χ4v) is 1.04. The third-order valence-corrected chi connectivity index (χ3v) is 1.78. The van der Waals surface area contributed by atoms with Gasteiger partial charge in [-0.15, -0.1) is 0 Å². The number of amides is 1. The summed E-state index contributed by atoms with van der Waals surface area (Å²) >= 11 is 0. The van der Waals surface area contributed by atoms with Crippen LogP contribution in [-0.2, 0) is 4.74 Å². The van der Waals surface area contributed by atoms with Crippen LogP contribution in [0.15, 0.2) is 61.4 Å². The van der Waals surface area contributed by atoms with Crippen LogP contribution in [-0.4, -0.2) is 6.09 Å². The van der Waals surface area contributed by atoms with Crippen molar-refractivity contribution in [1.29, 1.82) is 0 Å². The van der Waals surface area contributed by atoms with Crippen molar-refractivity contribution in [3.8, 4) is 0 Å². The Hall–Kier alpha value is -2.36. The van der Waals surface area contributed by atoms with Gasteiger partial charge >= 0.3 is 6.09 Å². The van der Waals surface area contributed by atoms with Crippen LogP contribution in [0.4, 0.5) is 14.9 Å². The van der Waals surface area contributed by atoms with Gasteiger partial charge < -0.3 is 4.74 Å². The number of hydrogen-bond acceptors (Lipinski definition) is 2. The van der Waals surface area contributed by atoms with Gasteiger partial charge in [0.05, 0.1) is 0 Å².